The maximum atomic E-state index is 13.1. The molecule has 148 valence electrons. The molecule has 1 aromatic rings. The van der Waals surface area contributed by atoms with Crippen molar-refractivity contribution in [3.05, 3.63) is 35.9 Å². The summed E-state index contributed by atoms with van der Waals surface area (Å²) >= 11 is 0. The fourth-order valence-corrected chi connectivity index (χ4v) is 4.48. The quantitative estimate of drug-likeness (QED) is 0.805. The molecule has 0 unspecified atom stereocenters. The Hall–Kier alpha value is -2.08. The average Bonchev–Trinajstić information content (AvgIpc) is 3.04. The zero-order valence-electron chi connectivity index (χ0n) is 16.4. The number of ether oxygens (including phenoxy) is 1. The summed E-state index contributed by atoms with van der Waals surface area (Å²) < 4.78 is 5.50. The van der Waals surface area contributed by atoms with Crippen LogP contribution in [0.15, 0.2) is 30.3 Å². The van der Waals surface area contributed by atoms with Crippen LogP contribution in [0.25, 0.3) is 0 Å². The van der Waals surface area contributed by atoms with Crippen LogP contribution in [0.4, 0.5) is 4.79 Å². The summed E-state index contributed by atoms with van der Waals surface area (Å²) in [6, 6.07) is 8.75. The highest BCUT2D eigenvalue weighted by atomic mass is 16.5. The number of likely N-dealkylation sites (N-methyl/N-ethyl adjacent to an activating group) is 1. The normalized spacial score (nSPS) is 25.4. The first-order chi connectivity index (χ1) is 12.8. The lowest BCUT2D eigenvalue weighted by Crippen LogP contribution is -2.62. The predicted molar refractivity (Wildman–Crippen MR) is 102 cm³/mol. The van der Waals surface area contributed by atoms with Crippen molar-refractivity contribution in [1.82, 2.24) is 9.80 Å². The second kappa shape index (κ2) is 7.89. The second-order valence-corrected chi connectivity index (χ2v) is 8.22. The minimum Gasteiger partial charge on any atom is -0.459 e. The lowest BCUT2D eigenvalue weighted by molar-refractivity contribution is -0.152. The lowest BCUT2D eigenvalue weighted by atomic mass is 9.72. The van der Waals surface area contributed by atoms with Gasteiger partial charge in [-0.15, -0.1) is 0 Å². The monoisotopic (exact) mass is 374 g/mol. The zero-order chi connectivity index (χ0) is 19.6. The number of hydrogen-bond acceptors (Lipinski definition) is 4. The molecule has 1 spiro atoms. The summed E-state index contributed by atoms with van der Waals surface area (Å²) in [7, 11) is 1.68. The molecule has 1 N–H and O–H groups in total. The van der Waals surface area contributed by atoms with Crippen LogP contribution in [0, 0.1) is 5.92 Å². The summed E-state index contributed by atoms with van der Waals surface area (Å²) in [6.45, 7) is 4.72. The van der Waals surface area contributed by atoms with Gasteiger partial charge in [0.2, 0.25) is 0 Å². The van der Waals surface area contributed by atoms with Gasteiger partial charge in [-0.05, 0) is 37.2 Å². The molecule has 1 aliphatic carbocycles. The van der Waals surface area contributed by atoms with Gasteiger partial charge >= 0.3 is 12.0 Å². The molecule has 2 amide bonds. The van der Waals surface area contributed by atoms with Gasteiger partial charge in [-0.3, -0.25) is 0 Å². The molecule has 6 heteroatoms. The van der Waals surface area contributed by atoms with E-state index in [0.29, 0.717) is 19.4 Å². The zero-order valence-corrected chi connectivity index (χ0v) is 16.4. The molecule has 0 bridgehead atoms. The van der Waals surface area contributed by atoms with Crippen molar-refractivity contribution in [1.29, 1.82) is 0 Å². The lowest BCUT2D eigenvalue weighted by Gasteiger charge is -2.50. The van der Waals surface area contributed by atoms with Crippen LogP contribution in [0.3, 0.4) is 0 Å². The van der Waals surface area contributed by atoms with Gasteiger partial charge in [0.1, 0.15) is 12.6 Å². The molecule has 2 aliphatic rings. The van der Waals surface area contributed by atoms with Gasteiger partial charge < -0.3 is 19.6 Å². The number of esters is 1. The van der Waals surface area contributed by atoms with Crippen molar-refractivity contribution in [3.8, 4) is 0 Å². The van der Waals surface area contributed by atoms with E-state index in [9.17, 15) is 14.7 Å². The van der Waals surface area contributed by atoms with E-state index in [1.165, 1.54) is 4.90 Å². The number of likely N-dealkylation sites (tertiary alicyclic amines) is 1. The van der Waals surface area contributed by atoms with Gasteiger partial charge in [0.15, 0.2) is 0 Å². The minimum atomic E-state index is -0.635. The summed E-state index contributed by atoms with van der Waals surface area (Å²) in [5, 5.41) is 9.75. The van der Waals surface area contributed by atoms with E-state index >= 15 is 0 Å². The Morgan fingerprint density at radius 2 is 1.96 bits per heavy atom. The predicted octanol–water partition coefficient (Wildman–Crippen LogP) is 2.80. The Morgan fingerprint density at radius 1 is 1.30 bits per heavy atom. The van der Waals surface area contributed by atoms with Crippen molar-refractivity contribution in [2.75, 3.05) is 13.6 Å². The van der Waals surface area contributed by atoms with E-state index < -0.39 is 6.04 Å². The number of hydrogen-bond donors (Lipinski definition) is 1. The fourth-order valence-electron chi connectivity index (χ4n) is 4.48. The topological polar surface area (TPSA) is 70.1 Å². The van der Waals surface area contributed by atoms with Crippen LogP contribution in [-0.4, -0.2) is 58.2 Å². The third-order valence-corrected chi connectivity index (χ3v) is 5.87. The number of benzene rings is 1. The molecule has 1 aliphatic heterocycles. The van der Waals surface area contributed by atoms with Crippen molar-refractivity contribution in [2.24, 2.45) is 5.92 Å². The van der Waals surface area contributed by atoms with Crippen LogP contribution >= 0.6 is 0 Å². The third-order valence-electron chi connectivity index (χ3n) is 5.87. The van der Waals surface area contributed by atoms with Crippen molar-refractivity contribution in [3.63, 3.8) is 0 Å². The van der Waals surface area contributed by atoms with Gasteiger partial charge in [-0.25, -0.2) is 9.59 Å². The first-order valence-electron chi connectivity index (χ1n) is 9.77. The Morgan fingerprint density at radius 3 is 2.56 bits per heavy atom. The van der Waals surface area contributed by atoms with Crippen LogP contribution in [0.1, 0.15) is 45.1 Å². The van der Waals surface area contributed by atoms with Gasteiger partial charge in [0.05, 0.1) is 6.10 Å². The first kappa shape index (κ1) is 19.7. The smallest absolute Gasteiger partial charge is 0.329 e. The van der Waals surface area contributed by atoms with Crippen LogP contribution in [0.5, 0.6) is 0 Å². The molecule has 1 saturated heterocycles. The average molecular weight is 374 g/mol. The number of urea groups is 1. The van der Waals surface area contributed by atoms with Gasteiger partial charge in [0.25, 0.3) is 0 Å². The van der Waals surface area contributed by atoms with Crippen molar-refractivity contribution < 1.29 is 19.4 Å². The highest BCUT2D eigenvalue weighted by molar-refractivity contribution is 5.84. The molecule has 1 saturated carbocycles. The number of carbonyl (C=O) groups is 2. The molecule has 27 heavy (non-hydrogen) atoms. The molecule has 3 rings (SSSR count). The van der Waals surface area contributed by atoms with Crippen LogP contribution < -0.4 is 0 Å². The van der Waals surface area contributed by atoms with E-state index in [1.54, 1.807) is 7.05 Å². The molecule has 0 radical (unpaired) electrons. The van der Waals surface area contributed by atoms with E-state index in [2.05, 4.69) is 0 Å². The summed E-state index contributed by atoms with van der Waals surface area (Å²) in [6.07, 6.45) is 2.82. The maximum Gasteiger partial charge on any atom is 0.329 e. The van der Waals surface area contributed by atoms with Gasteiger partial charge in [-0.2, -0.15) is 0 Å². The Bertz CT molecular complexity index is 670. The molecule has 6 nitrogen and oxygen atoms in total. The number of carbonyl (C=O) groups excluding carboxylic acids is 2. The minimum absolute atomic E-state index is 0.0623. The Balaban J connectivity index is 1.66. The number of rotatable bonds is 5. The standard InChI is InChI=1S/C21H30N2O4/c1-15(2)18(19(25)27-14-16-8-5-4-6-9-16)22(3)20(26)23-11-7-10-21(23)12-17(24)13-21/h4-6,8-9,15,17-18,24H,7,10-14H2,1-3H3/t17?,18-,21?/m0/s1. The number of amides is 2. The van der Waals surface area contributed by atoms with Crippen LogP contribution in [0.2, 0.25) is 0 Å². The highest BCUT2D eigenvalue weighted by Gasteiger charge is 2.53. The molecular formula is C21H30N2O4. The Labute approximate surface area is 161 Å². The maximum absolute atomic E-state index is 13.1. The van der Waals surface area contributed by atoms with E-state index in [-0.39, 0.29) is 36.2 Å². The highest BCUT2D eigenvalue weighted by Crippen LogP contribution is 2.46. The molecule has 0 aromatic heterocycles. The number of aliphatic hydroxyl groups excluding tert-OH is 1. The number of nitrogens with zero attached hydrogens (tertiary/aromatic N) is 2. The second-order valence-electron chi connectivity index (χ2n) is 8.22. The molecule has 1 atom stereocenters. The summed E-state index contributed by atoms with van der Waals surface area (Å²) in [4.78, 5) is 29.3. The van der Waals surface area contributed by atoms with E-state index in [4.69, 9.17) is 4.74 Å². The largest absolute Gasteiger partial charge is 0.459 e. The SMILES string of the molecule is CC(C)[C@@H](C(=O)OCc1ccccc1)N(C)C(=O)N1CCCC12CC(O)C2. The van der Waals surface area contributed by atoms with E-state index in [0.717, 1.165) is 18.4 Å². The third kappa shape index (κ3) is 3.95. The Kier molecular flexibility index (Phi) is 5.75. The fraction of sp³-hybridized carbons (Fsp3) is 0.619. The molecular weight excluding hydrogens is 344 g/mol. The van der Waals surface area contributed by atoms with Crippen LogP contribution in [-0.2, 0) is 16.1 Å². The van der Waals surface area contributed by atoms with Crippen molar-refractivity contribution >= 4 is 12.0 Å². The molecule has 2 fully saturated rings. The molecule has 1 heterocycles. The van der Waals surface area contributed by atoms with E-state index in [1.807, 2.05) is 49.1 Å². The number of aliphatic hydroxyl groups is 1. The first-order valence-corrected chi connectivity index (χ1v) is 9.77. The van der Waals surface area contributed by atoms with Gasteiger partial charge in [0, 0.05) is 19.1 Å². The summed E-state index contributed by atoms with van der Waals surface area (Å²) in [5.41, 5.74) is 0.699. The summed E-state index contributed by atoms with van der Waals surface area (Å²) in [5.74, 6) is -0.445. The molecule has 1 aromatic carbocycles. The van der Waals surface area contributed by atoms with Gasteiger partial charge in [-0.1, -0.05) is 44.2 Å². The van der Waals surface area contributed by atoms with Crippen molar-refractivity contribution in [2.45, 2.75) is 63.8 Å².